The molecule has 1 aromatic heterocycles. The van der Waals surface area contributed by atoms with Gasteiger partial charge in [0, 0.05) is 50.6 Å². The van der Waals surface area contributed by atoms with Crippen molar-refractivity contribution in [3.05, 3.63) is 15.6 Å². The smallest absolute Gasteiger partial charge is 0.409 e. The molecule has 0 radical (unpaired) electrons. The fourth-order valence-electron chi connectivity index (χ4n) is 3.67. The SMILES string of the molecule is CCNC(=NCCCc1nc2c(s1)CCCC2)N1CCN(C(=O)OCC)CC1.I. The molecule has 2 heterocycles. The van der Waals surface area contributed by atoms with Crippen LogP contribution in [0.15, 0.2) is 4.99 Å². The van der Waals surface area contributed by atoms with E-state index < -0.39 is 0 Å². The number of thiazole rings is 1. The summed E-state index contributed by atoms with van der Waals surface area (Å²) in [7, 11) is 0. The zero-order valence-corrected chi connectivity index (χ0v) is 20.8. The first-order chi connectivity index (χ1) is 13.7. The first kappa shape index (κ1) is 24.2. The number of aromatic nitrogens is 1. The van der Waals surface area contributed by atoms with Gasteiger partial charge in [0.25, 0.3) is 0 Å². The van der Waals surface area contributed by atoms with Crippen molar-refractivity contribution in [2.75, 3.05) is 45.9 Å². The van der Waals surface area contributed by atoms with Gasteiger partial charge in [-0.15, -0.1) is 35.3 Å². The summed E-state index contributed by atoms with van der Waals surface area (Å²) < 4.78 is 5.09. The first-order valence-electron chi connectivity index (χ1n) is 10.6. The molecule has 2 aliphatic rings. The highest BCUT2D eigenvalue weighted by Gasteiger charge is 2.23. The molecule has 3 rings (SSSR count). The highest BCUT2D eigenvalue weighted by atomic mass is 127. The second-order valence-corrected chi connectivity index (χ2v) is 8.36. The molecule has 0 bridgehead atoms. The number of guanidine groups is 1. The largest absolute Gasteiger partial charge is 0.450 e. The number of rotatable bonds is 6. The minimum absolute atomic E-state index is 0. The maximum absolute atomic E-state index is 11.9. The predicted molar refractivity (Wildman–Crippen MR) is 129 cm³/mol. The molecule has 0 unspecified atom stereocenters. The Morgan fingerprint density at radius 2 is 1.90 bits per heavy atom. The fraction of sp³-hybridized carbons (Fsp3) is 0.750. The van der Waals surface area contributed by atoms with Crippen molar-refractivity contribution in [3.8, 4) is 0 Å². The van der Waals surface area contributed by atoms with Crippen LogP contribution in [0.1, 0.15) is 48.7 Å². The number of ether oxygens (including phenoxy) is 1. The van der Waals surface area contributed by atoms with Crippen molar-refractivity contribution in [3.63, 3.8) is 0 Å². The van der Waals surface area contributed by atoms with Gasteiger partial charge in [-0.25, -0.2) is 9.78 Å². The monoisotopic (exact) mass is 535 g/mol. The summed E-state index contributed by atoms with van der Waals surface area (Å²) in [6.45, 7) is 8.90. The van der Waals surface area contributed by atoms with E-state index in [1.165, 1.54) is 34.8 Å². The van der Waals surface area contributed by atoms with Crippen molar-refractivity contribution >= 4 is 47.4 Å². The maximum Gasteiger partial charge on any atom is 0.409 e. The Bertz CT molecular complexity index is 650. The van der Waals surface area contributed by atoms with E-state index in [0.29, 0.717) is 19.7 Å². The van der Waals surface area contributed by atoms with E-state index in [2.05, 4.69) is 17.1 Å². The molecular formula is C20H34IN5O2S. The van der Waals surface area contributed by atoms with Crippen LogP contribution >= 0.6 is 35.3 Å². The molecule has 0 atom stereocenters. The Labute approximate surface area is 195 Å². The van der Waals surface area contributed by atoms with Crippen LogP contribution in [0.4, 0.5) is 4.79 Å². The summed E-state index contributed by atoms with van der Waals surface area (Å²) in [5.41, 5.74) is 1.35. The Balaban J connectivity index is 0.00000300. The van der Waals surface area contributed by atoms with Crippen LogP contribution < -0.4 is 5.32 Å². The molecule has 1 amide bonds. The maximum atomic E-state index is 11.9. The van der Waals surface area contributed by atoms with E-state index in [-0.39, 0.29) is 30.1 Å². The number of carbonyl (C=O) groups is 1. The lowest BCUT2D eigenvalue weighted by Gasteiger charge is -2.35. The number of halogens is 1. The van der Waals surface area contributed by atoms with Crippen LogP contribution in [0.5, 0.6) is 0 Å². The molecule has 1 fully saturated rings. The number of aryl methyl sites for hydroxylation is 3. The normalized spacial score (nSPS) is 16.8. The number of fused-ring (bicyclic) bond motifs is 1. The van der Waals surface area contributed by atoms with Crippen molar-refractivity contribution in [2.24, 2.45) is 4.99 Å². The summed E-state index contributed by atoms with van der Waals surface area (Å²) in [4.78, 5) is 27.0. The lowest BCUT2D eigenvalue weighted by molar-refractivity contribution is 0.0914. The number of amides is 1. The van der Waals surface area contributed by atoms with Gasteiger partial charge < -0.3 is 19.9 Å². The van der Waals surface area contributed by atoms with Gasteiger partial charge in [0.1, 0.15) is 0 Å². The Morgan fingerprint density at radius 1 is 1.17 bits per heavy atom. The molecular weight excluding hydrogens is 501 g/mol. The summed E-state index contributed by atoms with van der Waals surface area (Å²) in [5.74, 6) is 0.949. The van der Waals surface area contributed by atoms with Crippen molar-refractivity contribution < 1.29 is 9.53 Å². The van der Waals surface area contributed by atoms with Gasteiger partial charge in [-0.2, -0.15) is 0 Å². The molecule has 7 nitrogen and oxygen atoms in total. The molecule has 29 heavy (non-hydrogen) atoms. The lowest BCUT2D eigenvalue weighted by Crippen LogP contribution is -2.53. The molecule has 1 saturated heterocycles. The lowest BCUT2D eigenvalue weighted by atomic mass is 10.0. The summed E-state index contributed by atoms with van der Waals surface area (Å²) in [6.07, 6.45) is 6.79. The van der Waals surface area contributed by atoms with E-state index in [1.807, 2.05) is 18.3 Å². The standard InChI is InChI=1S/C20H33N5O2S.HI/c1-3-21-19(24-12-14-25(15-13-24)20(26)27-4-2)22-11-7-10-18-23-16-8-5-6-9-17(16)28-18;/h3-15H2,1-2H3,(H,21,22);1H. The molecule has 1 N–H and O–H groups in total. The first-order valence-corrected chi connectivity index (χ1v) is 11.4. The number of nitrogens with one attached hydrogen (secondary N) is 1. The van der Waals surface area contributed by atoms with E-state index in [9.17, 15) is 4.79 Å². The second kappa shape index (κ2) is 12.6. The second-order valence-electron chi connectivity index (χ2n) is 7.20. The van der Waals surface area contributed by atoms with Crippen LogP contribution in [0.25, 0.3) is 0 Å². The summed E-state index contributed by atoms with van der Waals surface area (Å²) >= 11 is 1.90. The van der Waals surface area contributed by atoms with Crippen molar-refractivity contribution in [1.29, 1.82) is 0 Å². The summed E-state index contributed by atoms with van der Waals surface area (Å²) in [6, 6.07) is 0. The molecule has 9 heteroatoms. The average molecular weight is 535 g/mol. The average Bonchev–Trinajstić information content (AvgIpc) is 3.13. The third-order valence-electron chi connectivity index (χ3n) is 5.14. The number of nitrogens with zero attached hydrogens (tertiary/aromatic N) is 4. The molecule has 0 spiro atoms. The van der Waals surface area contributed by atoms with E-state index in [4.69, 9.17) is 14.7 Å². The fourth-order valence-corrected chi connectivity index (χ4v) is 4.87. The Hall–Kier alpha value is -1.10. The number of hydrogen-bond acceptors (Lipinski definition) is 5. The Kier molecular flexibility index (Phi) is 10.5. The minimum Gasteiger partial charge on any atom is -0.450 e. The number of aliphatic imine (C=N–C) groups is 1. The van der Waals surface area contributed by atoms with E-state index >= 15 is 0 Å². The molecule has 0 saturated carbocycles. The van der Waals surface area contributed by atoms with Gasteiger partial charge >= 0.3 is 6.09 Å². The topological polar surface area (TPSA) is 70.1 Å². The molecule has 1 aliphatic carbocycles. The minimum atomic E-state index is -0.213. The van der Waals surface area contributed by atoms with Gasteiger partial charge in [0.05, 0.1) is 17.3 Å². The van der Waals surface area contributed by atoms with Crippen LogP contribution in [-0.4, -0.2) is 72.7 Å². The van der Waals surface area contributed by atoms with Crippen LogP contribution in [0.3, 0.4) is 0 Å². The van der Waals surface area contributed by atoms with Gasteiger partial charge in [0.2, 0.25) is 0 Å². The predicted octanol–water partition coefficient (Wildman–Crippen LogP) is 3.31. The zero-order valence-electron chi connectivity index (χ0n) is 17.6. The van der Waals surface area contributed by atoms with E-state index in [1.54, 1.807) is 4.90 Å². The molecule has 1 aromatic rings. The van der Waals surface area contributed by atoms with Crippen molar-refractivity contribution in [1.82, 2.24) is 20.1 Å². The molecule has 0 aromatic carbocycles. The van der Waals surface area contributed by atoms with Crippen LogP contribution in [-0.2, 0) is 24.0 Å². The van der Waals surface area contributed by atoms with Gasteiger partial charge in [-0.1, -0.05) is 0 Å². The summed E-state index contributed by atoms with van der Waals surface area (Å²) in [5, 5.41) is 4.66. The molecule has 1 aliphatic heterocycles. The number of hydrogen-bond donors (Lipinski definition) is 1. The molecule has 164 valence electrons. The van der Waals surface area contributed by atoms with E-state index in [0.717, 1.165) is 51.4 Å². The van der Waals surface area contributed by atoms with Crippen molar-refractivity contribution in [2.45, 2.75) is 52.4 Å². The van der Waals surface area contributed by atoms with Crippen LogP contribution in [0, 0.1) is 0 Å². The third kappa shape index (κ3) is 6.97. The Morgan fingerprint density at radius 3 is 2.59 bits per heavy atom. The van der Waals surface area contributed by atoms with Gasteiger partial charge in [0.15, 0.2) is 5.96 Å². The quantitative estimate of drug-likeness (QED) is 0.262. The zero-order chi connectivity index (χ0) is 19.8. The number of piperazine rings is 1. The van der Waals surface area contributed by atoms with Gasteiger partial charge in [-0.05, 0) is 46.0 Å². The highest BCUT2D eigenvalue weighted by Crippen LogP contribution is 2.27. The third-order valence-corrected chi connectivity index (χ3v) is 6.36. The van der Waals surface area contributed by atoms with Gasteiger partial charge in [-0.3, -0.25) is 4.99 Å². The highest BCUT2D eigenvalue weighted by molar-refractivity contribution is 14.0. The number of carbonyl (C=O) groups excluding carboxylic acids is 1. The van der Waals surface area contributed by atoms with Crippen LogP contribution in [0.2, 0.25) is 0 Å².